The van der Waals surface area contributed by atoms with Gasteiger partial charge in [0.25, 0.3) is 0 Å². The number of ether oxygens (including phenoxy) is 1. The molecule has 4 heterocycles. The zero-order valence-corrected chi connectivity index (χ0v) is 36.6. The van der Waals surface area contributed by atoms with E-state index in [1.54, 1.807) is 53.4 Å². The number of methoxy groups -OCH3 is 1. The van der Waals surface area contributed by atoms with Crippen LogP contribution in [0.4, 0.5) is 22.9 Å². The number of aromatic nitrogens is 2. The molecule has 2 aliphatic heterocycles. The van der Waals surface area contributed by atoms with Crippen molar-refractivity contribution >= 4 is 95.5 Å². The van der Waals surface area contributed by atoms with Crippen LogP contribution in [-0.4, -0.2) is 45.6 Å². The van der Waals surface area contributed by atoms with Gasteiger partial charge in [-0.25, -0.2) is 4.90 Å². The van der Waals surface area contributed by atoms with Crippen LogP contribution in [-0.2, 0) is 26.2 Å². The van der Waals surface area contributed by atoms with Crippen molar-refractivity contribution < 1.29 is 29.0 Å². The van der Waals surface area contributed by atoms with Crippen LogP contribution in [0.1, 0.15) is 36.8 Å². The maximum Gasteiger partial charge on any atom is 0.242 e. The molecule has 6 unspecified atom stereocenters. The van der Waals surface area contributed by atoms with Crippen molar-refractivity contribution in [1.29, 1.82) is 0 Å². The van der Waals surface area contributed by atoms with Crippen molar-refractivity contribution in [2.75, 3.05) is 22.2 Å². The molecule has 61 heavy (non-hydrogen) atoms. The van der Waals surface area contributed by atoms with Crippen LogP contribution in [0, 0.1) is 36.0 Å². The van der Waals surface area contributed by atoms with Crippen molar-refractivity contribution in [3.63, 3.8) is 0 Å². The molecule has 4 aliphatic rings. The second kappa shape index (κ2) is 14.4. The Balaban J connectivity index is 1.04. The summed E-state index contributed by atoms with van der Waals surface area (Å²) in [5.41, 5.74) is 3.92. The molecule has 10 rings (SSSR count). The third kappa shape index (κ3) is 5.91. The zero-order valence-electron chi connectivity index (χ0n) is 33.5. The third-order valence-electron chi connectivity index (χ3n) is 13.3. The molecule has 308 valence electrons. The molecule has 4 amide bonds. The number of rotatable bonds is 7. The van der Waals surface area contributed by atoms with Gasteiger partial charge in [-0.1, -0.05) is 41.4 Å². The first-order valence-electron chi connectivity index (χ1n) is 20.0. The summed E-state index contributed by atoms with van der Waals surface area (Å²) in [4.78, 5) is 62.8. The van der Waals surface area contributed by atoms with Gasteiger partial charge in [-0.2, -0.15) is 5.10 Å². The number of thiophene rings is 1. The van der Waals surface area contributed by atoms with Gasteiger partial charge in [0, 0.05) is 40.1 Å². The van der Waals surface area contributed by atoms with Crippen LogP contribution in [0.25, 0.3) is 20.7 Å². The number of nitrogens with one attached hydrogen (secondary N) is 1. The molecule has 0 bridgehead atoms. The largest absolute Gasteiger partial charge is 0.503 e. The number of amides is 4. The van der Waals surface area contributed by atoms with Crippen LogP contribution in [0.15, 0.2) is 107 Å². The lowest BCUT2D eigenvalue weighted by atomic mass is 9.51. The van der Waals surface area contributed by atoms with E-state index >= 15 is 9.59 Å². The van der Waals surface area contributed by atoms with E-state index in [2.05, 4.69) is 21.2 Å². The number of phenolic OH excluding ortho intramolecular Hbond substituents is 1. The summed E-state index contributed by atoms with van der Waals surface area (Å²) in [6.07, 6.45) is 2.48. The lowest BCUT2D eigenvalue weighted by Crippen LogP contribution is -2.49. The lowest BCUT2D eigenvalue weighted by molar-refractivity contribution is -0.131. The first kappa shape index (κ1) is 39.4. The second-order valence-corrected chi connectivity index (χ2v) is 18.8. The molecule has 2 N–H and O–H groups in total. The summed E-state index contributed by atoms with van der Waals surface area (Å²) in [7, 11) is 3.17. The van der Waals surface area contributed by atoms with Gasteiger partial charge in [0.2, 0.25) is 23.6 Å². The van der Waals surface area contributed by atoms with Gasteiger partial charge in [0.1, 0.15) is 11.5 Å². The van der Waals surface area contributed by atoms with E-state index in [-0.39, 0.29) is 36.2 Å². The van der Waals surface area contributed by atoms with E-state index in [9.17, 15) is 14.7 Å². The fourth-order valence-electron chi connectivity index (χ4n) is 10.4. The normalized spacial score (nSPS) is 24.6. The molecule has 14 heteroatoms. The number of hydrogen-bond donors (Lipinski definition) is 2. The van der Waals surface area contributed by atoms with Crippen molar-refractivity contribution in [1.82, 2.24) is 9.78 Å². The number of benzene rings is 4. The number of anilines is 4. The van der Waals surface area contributed by atoms with E-state index in [4.69, 9.17) is 21.4 Å². The molecular weight excluding hydrogens is 878 g/mol. The van der Waals surface area contributed by atoms with Gasteiger partial charge in [-0.15, -0.1) is 11.3 Å². The Kier molecular flexibility index (Phi) is 9.31. The Bertz CT molecular complexity index is 2890. The number of aryl methyl sites for hydroxylation is 2. The number of nitrogens with zero attached hydrogens (tertiary/aromatic N) is 4. The molecule has 3 fully saturated rings. The maximum atomic E-state index is 15.3. The van der Waals surface area contributed by atoms with Crippen LogP contribution < -0.4 is 19.9 Å². The van der Waals surface area contributed by atoms with Crippen LogP contribution >= 0.6 is 38.9 Å². The van der Waals surface area contributed by atoms with Crippen molar-refractivity contribution in [2.24, 2.45) is 36.1 Å². The van der Waals surface area contributed by atoms with Crippen molar-refractivity contribution in [3.8, 4) is 22.1 Å². The number of para-hydroxylation sites is 1. The standard InChI is InChI=1S/C47H39BrClN5O6S/c1-23-31-20-25(49)10-17-37(31)61-42(23)35-22-38(52(3)51-35)54-44(57)33-21-32-29(40(47(33,2)46(54)59)24-18-34(48)41(55)36(19-24)60-4)15-16-30-39(32)45(58)53(43(30)56)28-13-11-27(12-14-28)50-26-8-6-5-7-9-26/h5-15,17-20,22,30,32-33,39-40,50,55H,16,21H2,1-4H3. The van der Waals surface area contributed by atoms with Crippen molar-refractivity contribution in [2.45, 2.75) is 32.6 Å². The number of allylic oxidation sites excluding steroid dienone is 2. The van der Waals surface area contributed by atoms with Crippen molar-refractivity contribution in [3.05, 3.63) is 123 Å². The zero-order chi connectivity index (χ0) is 42.6. The number of imide groups is 2. The Morgan fingerprint density at radius 1 is 0.918 bits per heavy atom. The molecule has 2 aliphatic carbocycles. The van der Waals surface area contributed by atoms with E-state index in [1.165, 1.54) is 16.9 Å². The number of hydrogen-bond acceptors (Lipinski definition) is 9. The molecule has 1 saturated carbocycles. The molecule has 4 aromatic carbocycles. The average Bonchev–Trinajstić information content (AvgIpc) is 3.92. The molecule has 2 aromatic heterocycles. The molecule has 6 atom stereocenters. The summed E-state index contributed by atoms with van der Waals surface area (Å²) in [6, 6.07) is 27.9. The number of carbonyl (C=O) groups is 4. The highest BCUT2D eigenvalue weighted by atomic mass is 79.9. The monoisotopic (exact) mass is 915 g/mol. The summed E-state index contributed by atoms with van der Waals surface area (Å²) in [6.45, 7) is 3.83. The lowest BCUT2D eigenvalue weighted by Gasteiger charge is -2.49. The first-order valence-corrected chi connectivity index (χ1v) is 22.0. The van der Waals surface area contributed by atoms with E-state index in [1.807, 2.05) is 80.6 Å². The van der Waals surface area contributed by atoms with Gasteiger partial charge < -0.3 is 15.2 Å². The highest BCUT2D eigenvalue weighted by Gasteiger charge is 2.68. The molecule has 0 spiro atoms. The minimum absolute atomic E-state index is 0.105. The fraction of sp³-hybridized carbons (Fsp3) is 0.255. The maximum absolute atomic E-state index is 15.3. The van der Waals surface area contributed by atoms with Gasteiger partial charge in [-0.05, 0) is 132 Å². The van der Waals surface area contributed by atoms with Crippen LogP contribution in [0.5, 0.6) is 11.5 Å². The highest BCUT2D eigenvalue weighted by Crippen LogP contribution is 2.64. The second-order valence-electron chi connectivity index (χ2n) is 16.5. The predicted octanol–water partition coefficient (Wildman–Crippen LogP) is 9.92. The Labute approximate surface area is 368 Å². The number of halogens is 2. The number of phenols is 1. The molecule has 11 nitrogen and oxygen atoms in total. The summed E-state index contributed by atoms with van der Waals surface area (Å²) in [5.74, 6) is -4.50. The Hall–Kier alpha value is -5.76. The summed E-state index contributed by atoms with van der Waals surface area (Å²) < 4.78 is 8.55. The molecular formula is C47H39BrClN5O6S. The average molecular weight is 917 g/mol. The smallest absolute Gasteiger partial charge is 0.242 e. The van der Waals surface area contributed by atoms with E-state index in [0.29, 0.717) is 32.3 Å². The number of carbonyl (C=O) groups excluding carboxylic acids is 4. The topological polar surface area (TPSA) is 134 Å². The van der Waals surface area contributed by atoms with Gasteiger partial charge in [0.15, 0.2) is 11.5 Å². The minimum Gasteiger partial charge on any atom is -0.503 e. The summed E-state index contributed by atoms with van der Waals surface area (Å²) in [5, 5.41) is 20.7. The summed E-state index contributed by atoms with van der Waals surface area (Å²) >= 11 is 11.4. The van der Waals surface area contributed by atoms with E-state index < -0.39 is 46.8 Å². The van der Waals surface area contributed by atoms with Gasteiger partial charge >= 0.3 is 0 Å². The predicted molar refractivity (Wildman–Crippen MR) is 239 cm³/mol. The molecule has 6 aromatic rings. The molecule has 2 saturated heterocycles. The number of aromatic hydroxyl groups is 1. The minimum atomic E-state index is -1.32. The third-order valence-corrected chi connectivity index (χ3v) is 15.4. The number of fused-ring (bicyclic) bond motifs is 5. The first-order chi connectivity index (χ1) is 29.3. The Morgan fingerprint density at radius 3 is 2.39 bits per heavy atom. The Morgan fingerprint density at radius 2 is 1.66 bits per heavy atom. The SMILES string of the molecule is COc1cc(C2C3=CCC4C(=O)N(c5ccc(Nc6ccccc6)cc5)C(=O)C4C3CC3C(=O)N(c4cc(-c5sc6ccc(Cl)cc6c5C)nn4C)C(=O)C32C)cc(Br)c1O. The van der Waals surface area contributed by atoms with Crippen LogP contribution in [0.3, 0.4) is 0 Å². The van der Waals surface area contributed by atoms with Gasteiger partial charge in [-0.3, -0.25) is 28.8 Å². The van der Waals surface area contributed by atoms with Crippen LogP contribution in [0.2, 0.25) is 5.02 Å². The van der Waals surface area contributed by atoms with E-state index in [0.717, 1.165) is 37.5 Å². The fourth-order valence-corrected chi connectivity index (χ4v) is 12.2. The highest BCUT2D eigenvalue weighted by molar-refractivity contribution is 9.10. The van der Waals surface area contributed by atoms with Gasteiger partial charge in [0.05, 0.1) is 45.3 Å². The quantitative estimate of drug-likeness (QED) is 0.120. The molecule has 0 radical (unpaired) electrons.